The summed E-state index contributed by atoms with van der Waals surface area (Å²) in [5, 5.41) is 4.54. The average Bonchev–Trinajstić information content (AvgIpc) is 2.99. The monoisotopic (exact) mass is 406 g/mol. The summed E-state index contributed by atoms with van der Waals surface area (Å²) >= 11 is 0. The molecule has 158 valence electrons. The number of aromatic nitrogens is 2. The minimum absolute atomic E-state index is 0.0291. The average molecular weight is 407 g/mol. The molecule has 1 atom stereocenters. The number of hydrogen-bond donors (Lipinski definition) is 2. The molecule has 1 aliphatic heterocycles. The maximum absolute atomic E-state index is 13.2. The number of benzene rings is 1. The molecule has 0 aliphatic carbocycles. The van der Waals surface area contributed by atoms with E-state index in [4.69, 9.17) is 9.72 Å². The van der Waals surface area contributed by atoms with E-state index in [1.54, 1.807) is 7.11 Å². The Bertz CT molecular complexity index is 1080. The summed E-state index contributed by atoms with van der Waals surface area (Å²) in [6.07, 6.45) is 0.974. The number of aromatic amines is 1. The first-order chi connectivity index (χ1) is 14.4. The van der Waals surface area contributed by atoms with Crippen molar-refractivity contribution in [1.82, 2.24) is 14.9 Å². The normalized spacial score (nSPS) is 16.0. The van der Waals surface area contributed by atoms with E-state index in [1.807, 2.05) is 11.0 Å². The van der Waals surface area contributed by atoms with Gasteiger partial charge < -0.3 is 19.9 Å². The third-order valence-corrected chi connectivity index (χ3v) is 6.36. The number of rotatable bonds is 6. The Kier molecular flexibility index (Phi) is 5.52. The number of nitrogens with one attached hydrogen (secondary N) is 2. The highest BCUT2D eigenvalue weighted by atomic mass is 16.5. The van der Waals surface area contributed by atoms with E-state index in [0.717, 1.165) is 40.9 Å². The molecule has 1 aromatic carbocycles. The molecule has 1 aliphatic rings. The molecule has 3 heterocycles. The standard InChI is InChI=1S/C24H30N4O2/c1-14-7-6-8-15(2)20(14)12-25-23-22-19(16(3)17(4)26-22)11-21(27-23)24(29)28-10-9-18(28)13-30-5/h6-8,11,18,26H,9-10,12-13H2,1-5H3,(H,25,27)/t18-/m1/s1. The third kappa shape index (κ3) is 3.56. The lowest BCUT2D eigenvalue weighted by molar-refractivity contribution is 0.0197. The molecule has 1 fully saturated rings. The SMILES string of the molecule is COC[C@H]1CCN1C(=O)c1cc2c(C)c(C)[nH]c2c(NCc2c(C)cccc2C)n1. The number of H-pyrrole nitrogens is 1. The van der Waals surface area contributed by atoms with Crippen LogP contribution in [0.2, 0.25) is 0 Å². The van der Waals surface area contributed by atoms with Gasteiger partial charge in [0.2, 0.25) is 0 Å². The van der Waals surface area contributed by atoms with Crippen LogP contribution in [0, 0.1) is 27.7 Å². The molecule has 0 saturated carbocycles. The van der Waals surface area contributed by atoms with Gasteiger partial charge in [0.25, 0.3) is 5.91 Å². The molecular weight excluding hydrogens is 376 g/mol. The number of likely N-dealkylation sites (tertiary alicyclic amines) is 1. The number of pyridine rings is 1. The van der Waals surface area contributed by atoms with Crippen LogP contribution in [0.1, 0.15) is 44.9 Å². The maximum Gasteiger partial charge on any atom is 0.272 e. The molecule has 2 aromatic heterocycles. The predicted molar refractivity (Wildman–Crippen MR) is 120 cm³/mol. The predicted octanol–water partition coefficient (Wildman–Crippen LogP) is 4.27. The summed E-state index contributed by atoms with van der Waals surface area (Å²) in [5.74, 6) is 0.692. The lowest BCUT2D eigenvalue weighted by Crippen LogP contribution is -2.53. The van der Waals surface area contributed by atoms with Gasteiger partial charge in [-0.05, 0) is 62.4 Å². The fraction of sp³-hybridized carbons (Fsp3) is 0.417. The summed E-state index contributed by atoms with van der Waals surface area (Å²) in [7, 11) is 1.67. The van der Waals surface area contributed by atoms with Crippen molar-refractivity contribution in [3.05, 3.63) is 57.9 Å². The summed E-state index contributed by atoms with van der Waals surface area (Å²) in [4.78, 5) is 23.2. The Morgan fingerprint density at radius 1 is 1.27 bits per heavy atom. The lowest BCUT2D eigenvalue weighted by Gasteiger charge is -2.40. The summed E-state index contributed by atoms with van der Waals surface area (Å²) in [6.45, 7) is 10.3. The summed E-state index contributed by atoms with van der Waals surface area (Å²) in [5.41, 5.74) is 7.41. The lowest BCUT2D eigenvalue weighted by atomic mass is 10.0. The van der Waals surface area contributed by atoms with E-state index >= 15 is 0 Å². The van der Waals surface area contributed by atoms with Gasteiger partial charge in [-0.15, -0.1) is 0 Å². The van der Waals surface area contributed by atoms with E-state index in [1.165, 1.54) is 16.7 Å². The van der Waals surface area contributed by atoms with Crippen molar-refractivity contribution < 1.29 is 9.53 Å². The van der Waals surface area contributed by atoms with Crippen LogP contribution in [0.15, 0.2) is 24.3 Å². The second kappa shape index (κ2) is 8.11. The zero-order valence-corrected chi connectivity index (χ0v) is 18.4. The minimum atomic E-state index is -0.0291. The van der Waals surface area contributed by atoms with Gasteiger partial charge in [0.05, 0.1) is 18.2 Å². The molecule has 0 unspecified atom stereocenters. The van der Waals surface area contributed by atoms with E-state index < -0.39 is 0 Å². The topological polar surface area (TPSA) is 70.2 Å². The quantitative estimate of drug-likeness (QED) is 0.641. The molecule has 1 amide bonds. The molecule has 0 spiro atoms. The Morgan fingerprint density at radius 2 is 2.00 bits per heavy atom. The highest BCUT2D eigenvalue weighted by Crippen LogP contribution is 2.30. The largest absolute Gasteiger partial charge is 0.383 e. The Balaban J connectivity index is 1.69. The van der Waals surface area contributed by atoms with Crippen molar-refractivity contribution in [2.45, 2.75) is 46.7 Å². The van der Waals surface area contributed by atoms with Gasteiger partial charge in [-0.2, -0.15) is 0 Å². The molecule has 1 saturated heterocycles. The van der Waals surface area contributed by atoms with Crippen LogP contribution < -0.4 is 5.32 Å². The van der Waals surface area contributed by atoms with Gasteiger partial charge in [-0.1, -0.05) is 18.2 Å². The van der Waals surface area contributed by atoms with Crippen LogP contribution in [-0.2, 0) is 11.3 Å². The molecule has 0 bridgehead atoms. The fourth-order valence-corrected chi connectivity index (χ4v) is 4.21. The first-order valence-electron chi connectivity index (χ1n) is 10.5. The number of methoxy groups -OCH3 is 1. The van der Waals surface area contributed by atoms with Gasteiger partial charge in [0.15, 0.2) is 5.82 Å². The fourth-order valence-electron chi connectivity index (χ4n) is 4.21. The molecule has 6 heteroatoms. The van der Waals surface area contributed by atoms with Gasteiger partial charge >= 0.3 is 0 Å². The van der Waals surface area contributed by atoms with Crippen molar-refractivity contribution >= 4 is 22.6 Å². The highest BCUT2D eigenvalue weighted by Gasteiger charge is 2.33. The minimum Gasteiger partial charge on any atom is -0.383 e. The molecule has 3 aromatic rings. The number of anilines is 1. The Morgan fingerprint density at radius 3 is 2.63 bits per heavy atom. The van der Waals surface area contributed by atoms with Crippen molar-refractivity contribution in [3.63, 3.8) is 0 Å². The molecule has 30 heavy (non-hydrogen) atoms. The zero-order valence-electron chi connectivity index (χ0n) is 18.4. The van der Waals surface area contributed by atoms with Crippen molar-refractivity contribution in [1.29, 1.82) is 0 Å². The number of aryl methyl sites for hydroxylation is 4. The number of carbonyl (C=O) groups excluding carboxylic acids is 1. The first-order valence-corrected chi connectivity index (χ1v) is 10.5. The number of nitrogens with zero attached hydrogens (tertiary/aromatic N) is 2. The summed E-state index contributed by atoms with van der Waals surface area (Å²) < 4.78 is 5.26. The first kappa shape index (κ1) is 20.4. The third-order valence-electron chi connectivity index (χ3n) is 6.36. The second-order valence-corrected chi connectivity index (χ2v) is 8.27. The Hall–Kier alpha value is -2.86. The van der Waals surface area contributed by atoms with Gasteiger partial charge in [0, 0.05) is 31.3 Å². The van der Waals surface area contributed by atoms with E-state index in [9.17, 15) is 4.79 Å². The zero-order chi connectivity index (χ0) is 21.4. The van der Waals surface area contributed by atoms with Crippen LogP contribution >= 0.6 is 0 Å². The molecule has 4 rings (SSSR count). The van der Waals surface area contributed by atoms with Crippen LogP contribution in [0.3, 0.4) is 0 Å². The van der Waals surface area contributed by atoms with Crippen molar-refractivity contribution in [3.8, 4) is 0 Å². The van der Waals surface area contributed by atoms with Crippen LogP contribution in [0.25, 0.3) is 10.9 Å². The van der Waals surface area contributed by atoms with Gasteiger partial charge in [-0.25, -0.2) is 4.98 Å². The smallest absolute Gasteiger partial charge is 0.272 e. The molecule has 2 N–H and O–H groups in total. The van der Waals surface area contributed by atoms with Crippen molar-refractivity contribution in [2.75, 3.05) is 25.6 Å². The highest BCUT2D eigenvalue weighted by molar-refractivity contribution is 6.01. The van der Waals surface area contributed by atoms with Crippen LogP contribution in [0.4, 0.5) is 5.82 Å². The summed E-state index contributed by atoms with van der Waals surface area (Å²) in [6, 6.07) is 8.37. The van der Waals surface area contributed by atoms with Gasteiger partial charge in [-0.3, -0.25) is 4.79 Å². The maximum atomic E-state index is 13.2. The van der Waals surface area contributed by atoms with Crippen LogP contribution in [0.5, 0.6) is 0 Å². The number of carbonyl (C=O) groups is 1. The van der Waals surface area contributed by atoms with Crippen LogP contribution in [-0.4, -0.2) is 47.1 Å². The van der Waals surface area contributed by atoms with E-state index in [0.29, 0.717) is 18.8 Å². The Labute approximate surface area is 177 Å². The number of fused-ring (bicyclic) bond motifs is 1. The number of ether oxygens (including phenoxy) is 1. The van der Waals surface area contributed by atoms with E-state index in [-0.39, 0.29) is 11.9 Å². The number of amides is 1. The van der Waals surface area contributed by atoms with Crippen molar-refractivity contribution in [2.24, 2.45) is 0 Å². The second-order valence-electron chi connectivity index (χ2n) is 8.27. The number of hydrogen-bond acceptors (Lipinski definition) is 4. The molecule has 6 nitrogen and oxygen atoms in total. The molecule has 0 radical (unpaired) electrons. The van der Waals surface area contributed by atoms with E-state index in [2.05, 4.69) is 56.2 Å². The molecular formula is C24H30N4O2. The van der Waals surface area contributed by atoms with Gasteiger partial charge in [0.1, 0.15) is 5.69 Å².